The van der Waals surface area contributed by atoms with Crippen LogP contribution in [0.5, 0.6) is 5.75 Å². The van der Waals surface area contributed by atoms with Crippen molar-refractivity contribution in [3.05, 3.63) is 62.8 Å². The largest absolute Gasteiger partial charge is 0.502 e. The van der Waals surface area contributed by atoms with Crippen LogP contribution < -0.4 is 15.8 Å². The van der Waals surface area contributed by atoms with Crippen LogP contribution in [0.4, 0.5) is 13.2 Å². The van der Waals surface area contributed by atoms with Crippen LogP contribution in [0.3, 0.4) is 0 Å². The molecule has 0 unspecified atom stereocenters. The third-order valence-electron chi connectivity index (χ3n) is 5.07. The van der Waals surface area contributed by atoms with E-state index in [1.54, 1.807) is 5.01 Å². The Morgan fingerprint density at radius 3 is 2.52 bits per heavy atom. The highest BCUT2D eigenvalue weighted by Gasteiger charge is 2.34. The molecule has 4 rings (SSSR count). The van der Waals surface area contributed by atoms with Gasteiger partial charge in [-0.15, -0.1) is 0 Å². The Bertz CT molecular complexity index is 1110. The molecular weight excluding hydrogens is 421 g/mol. The Morgan fingerprint density at radius 1 is 1.13 bits per heavy atom. The van der Waals surface area contributed by atoms with E-state index in [0.717, 1.165) is 6.20 Å². The second-order valence-corrected chi connectivity index (χ2v) is 7.00. The molecule has 2 aliphatic heterocycles. The van der Waals surface area contributed by atoms with Crippen LogP contribution in [0.2, 0.25) is 0 Å². The van der Waals surface area contributed by atoms with E-state index in [9.17, 15) is 32.7 Å². The first-order valence-electron chi connectivity index (χ1n) is 9.30. The van der Waals surface area contributed by atoms with Crippen LogP contribution in [0, 0.1) is 17.5 Å². The number of amides is 2. The maximum Gasteiger partial charge on any atom is 0.277 e. The molecule has 164 valence electrons. The SMILES string of the molecule is O=C(NCc1c(F)cc(F)cc1F)c1cn2c(c(O)c1=O)C(=O)N1CCOCCN2C1. The van der Waals surface area contributed by atoms with E-state index in [-0.39, 0.29) is 18.9 Å². The maximum absolute atomic E-state index is 13.8. The van der Waals surface area contributed by atoms with E-state index < -0.39 is 58.1 Å². The van der Waals surface area contributed by atoms with Crippen molar-refractivity contribution in [1.29, 1.82) is 0 Å². The predicted octanol–water partition coefficient (Wildman–Crippen LogP) is 0.283. The molecule has 1 aromatic carbocycles. The van der Waals surface area contributed by atoms with Crippen molar-refractivity contribution in [2.75, 3.05) is 38.0 Å². The summed E-state index contributed by atoms with van der Waals surface area (Å²) in [5.74, 6) is -6.05. The number of fused-ring (bicyclic) bond motifs is 4. The summed E-state index contributed by atoms with van der Waals surface area (Å²) in [6.45, 7) is 0.695. The van der Waals surface area contributed by atoms with E-state index in [4.69, 9.17) is 4.74 Å². The Hall–Kier alpha value is -3.54. The summed E-state index contributed by atoms with van der Waals surface area (Å²) in [5, 5.41) is 14.2. The number of nitrogens with zero attached hydrogens (tertiary/aromatic N) is 3. The molecule has 12 heteroatoms. The number of carbonyl (C=O) groups is 2. The van der Waals surface area contributed by atoms with Gasteiger partial charge < -0.3 is 20.1 Å². The van der Waals surface area contributed by atoms with Crippen molar-refractivity contribution in [2.45, 2.75) is 6.54 Å². The lowest BCUT2D eigenvalue weighted by molar-refractivity contribution is 0.0473. The van der Waals surface area contributed by atoms with E-state index in [1.165, 1.54) is 9.58 Å². The number of halogens is 3. The number of carbonyl (C=O) groups excluding carboxylic acids is 2. The molecule has 9 nitrogen and oxygen atoms in total. The lowest BCUT2D eigenvalue weighted by Crippen LogP contribution is -2.57. The molecule has 2 amide bonds. The van der Waals surface area contributed by atoms with Crippen LogP contribution in [0.15, 0.2) is 23.1 Å². The van der Waals surface area contributed by atoms with Crippen LogP contribution in [-0.2, 0) is 11.3 Å². The van der Waals surface area contributed by atoms with Crippen molar-refractivity contribution in [1.82, 2.24) is 14.9 Å². The van der Waals surface area contributed by atoms with Crippen LogP contribution in [-0.4, -0.2) is 59.5 Å². The van der Waals surface area contributed by atoms with Crippen LogP contribution >= 0.6 is 0 Å². The fraction of sp³-hybridized carbons (Fsp3) is 0.316. The fourth-order valence-electron chi connectivity index (χ4n) is 3.45. The second-order valence-electron chi connectivity index (χ2n) is 7.00. The average Bonchev–Trinajstić information content (AvgIpc) is 2.68. The van der Waals surface area contributed by atoms with Gasteiger partial charge in [-0.1, -0.05) is 0 Å². The Balaban J connectivity index is 1.66. The van der Waals surface area contributed by atoms with Gasteiger partial charge in [-0.3, -0.25) is 24.1 Å². The summed E-state index contributed by atoms with van der Waals surface area (Å²) in [4.78, 5) is 39.2. The number of aromatic nitrogens is 1. The number of rotatable bonds is 3. The van der Waals surface area contributed by atoms with Gasteiger partial charge in [-0.05, 0) is 0 Å². The van der Waals surface area contributed by atoms with E-state index in [2.05, 4.69) is 5.32 Å². The Morgan fingerprint density at radius 2 is 1.81 bits per heavy atom. The monoisotopic (exact) mass is 438 g/mol. The number of nitrogens with one attached hydrogen (secondary N) is 1. The summed E-state index contributed by atoms with van der Waals surface area (Å²) in [7, 11) is 0. The van der Waals surface area contributed by atoms with Gasteiger partial charge >= 0.3 is 0 Å². The topological polar surface area (TPSA) is 104 Å². The van der Waals surface area contributed by atoms with Crippen LogP contribution in [0.25, 0.3) is 0 Å². The highest BCUT2D eigenvalue weighted by molar-refractivity contribution is 5.99. The average molecular weight is 438 g/mol. The molecule has 0 spiro atoms. The number of hydrogen-bond acceptors (Lipinski definition) is 6. The molecule has 0 aliphatic carbocycles. The summed E-state index contributed by atoms with van der Waals surface area (Å²) in [5.41, 5.74) is -2.52. The zero-order valence-corrected chi connectivity index (χ0v) is 16.0. The summed E-state index contributed by atoms with van der Waals surface area (Å²) in [6, 6.07) is 0.928. The summed E-state index contributed by atoms with van der Waals surface area (Å²) < 4.78 is 47.2. The normalized spacial score (nSPS) is 15.9. The van der Waals surface area contributed by atoms with Gasteiger partial charge in [-0.2, -0.15) is 0 Å². The zero-order valence-electron chi connectivity index (χ0n) is 16.0. The van der Waals surface area contributed by atoms with Gasteiger partial charge in [0.05, 0.1) is 19.8 Å². The smallest absolute Gasteiger partial charge is 0.277 e. The van der Waals surface area contributed by atoms with Crippen molar-refractivity contribution < 1.29 is 32.6 Å². The van der Waals surface area contributed by atoms with Crippen molar-refractivity contribution in [3.8, 4) is 5.75 Å². The quantitative estimate of drug-likeness (QED) is 0.714. The Labute approximate surface area is 173 Å². The molecule has 1 aromatic heterocycles. The first-order chi connectivity index (χ1) is 14.8. The van der Waals surface area contributed by atoms with Gasteiger partial charge in [0.15, 0.2) is 11.4 Å². The zero-order chi connectivity index (χ0) is 22.3. The third-order valence-corrected chi connectivity index (χ3v) is 5.07. The second kappa shape index (κ2) is 7.95. The molecule has 0 radical (unpaired) electrons. The molecule has 2 aromatic rings. The molecule has 1 fully saturated rings. The summed E-state index contributed by atoms with van der Waals surface area (Å²) >= 11 is 0. The highest BCUT2D eigenvalue weighted by Crippen LogP contribution is 2.22. The molecule has 31 heavy (non-hydrogen) atoms. The standard InChI is InChI=1S/C19H17F3N4O5/c20-10-5-13(21)11(14(22)6-10)7-23-18(29)12-8-26-15(17(28)16(12)27)19(30)24-1-3-31-4-2-25(26)9-24/h5-6,8,28H,1-4,7,9H2,(H,23,29). The number of hydrogen-bond donors (Lipinski definition) is 2. The molecule has 0 saturated carbocycles. The lowest BCUT2D eigenvalue weighted by Gasteiger charge is -2.41. The first-order valence-corrected chi connectivity index (χ1v) is 9.30. The molecule has 2 N–H and O–H groups in total. The lowest BCUT2D eigenvalue weighted by atomic mass is 10.1. The molecular formula is C19H17F3N4O5. The minimum absolute atomic E-state index is 0.157. The number of ether oxygens (including phenoxy) is 1. The predicted molar refractivity (Wildman–Crippen MR) is 99.7 cm³/mol. The maximum atomic E-state index is 13.8. The van der Waals surface area contributed by atoms with E-state index in [0.29, 0.717) is 31.9 Å². The van der Waals surface area contributed by atoms with E-state index >= 15 is 0 Å². The van der Waals surface area contributed by atoms with Gasteiger partial charge in [0, 0.05) is 37.0 Å². The van der Waals surface area contributed by atoms with E-state index in [1.807, 2.05) is 0 Å². The van der Waals surface area contributed by atoms with Gasteiger partial charge in [0.1, 0.15) is 29.7 Å². The van der Waals surface area contributed by atoms with Crippen molar-refractivity contribution >= 4 is 11.8 Å². The minimum Gasteiger partial charge on any atom is -0.502 e. The van der Waals surface area contributed by atoms with Gasteiger partial charge in [0.25, 0.3) is 11.8 Å². The number of aromatic hydroxyl groups is 1. The molecule has 1 saturated heterocycles. The van der Waals surface area contributed by atoms with Gasteiger partial charge in [-0.25, -0.2) is 13.2 Å². The van der Waals surface area contributed by atoms with Crippen molar-refractivity contribution in [3.63, 3.8) is 0 Å². The number of benzene rings is 1. The molecule has 3 heterocycles. The fourth-order valence-corrected chi connectivity index (χ4v) is 3.45. The van der Waals surface area contributed by atoms with Gasteiger partial charge in [0.2, 0.25) is 5.43 Å². The van der Waals surface area contributed by atoms with Crippen molar-refractivity contribution in [2.24, 2.45) is 0 Å². The molecule has 2 bridgehead atoms. The highest BCUT2D eigenvalue weighted by atomic mass is 19.1. The third kappa shape index (κ3) is 3.69. The first kappa shape index (κ1) is 20.7. The summed E-state index contributed by atoms with van der Waals surface area (Å²) in [6.07, 6.45) is 1.08. The van der Waals surface area contributed by atoms with Crippen LogP contribution in [0.1, 0.15) is 26.4 Å². The minimum atomic E-state index is -1.20. The Kier molecular flexibility index (Phi) is 5.31. The molecule has 0 atom stereocenters. The molecule has 2 aliphatic rings. The number of pyridine rings is 1.